The van der Waals surface area contributed by atoms with E-state index in [0.717, 1.165) is 24.4 Å². The van der Waals surface area contributed by atoms with E-state index in [4.69, 9.17) is 0 Å². The zero-order valence-electron chi connectivity index (χ0n) is 13.6. The Labute approximate surface area is 115 Å². The summed E-state index contributed by atoms with van der Waals surface area (Å²) in [6.45, 7) is 20.1. The van der Waals surface area contributed by atoms with Crippen molar-refractivity contribution >= 4 is 0 Å². The summed E-state index contributed by atoms with van der Waals surface area (Å²) in [7, 11) is 0. The highest BCUT2D eigenvalue weighted by atomic mass is 15.2. The molecule has 1 saturated heterocycles. The van der Waals surface area contributed by atoms with Gasteiger partial charge in [-0.15, -0.1) is 0 Å². The molecule has 0 saturated carbocycles. The molecule has 1 aliphatic rings. The summed E-state index contributed by atoms with van der Waals surface area (Å²) in [4.78, 5) is 2.73. The van der Waals surface area contributed by atoms with Gasteiger partial charge in [-0.3, -0.25) is 4.90 Å². The predicted molar refractivity (Wildman–Crippen MR) is 80.9 cm³/mol. The minimum atomic E-state index is 0.359. The van der Waals surface area contributed by atoms with Crippen LogP contribution in [0.5, 0.6) is 0 Å². The molecule has 1 N–H and O–H groups in total. The molecule has 3 atom stereocenters. The Kier molecular flexibility index (Phi) is 5.67. The van der Waals surface area contributed by atoms with Crippen LogP contribution in [0.2, 0.25) is 0 Å². The van der Waals surface area contributed by atoms with Crippen LogP contribution in [0.3, 0.4) is 0 Å². The third kappa shape index (κ3) is 4.24. The first-order valence-electron chi connectivity index (χ1n) is 7.73. The molecule has 0 aliphatic carbocycles. The molecule has 1 rings (SSSR count). The normalized spacial score (nSPS) is 28.7. The van der Waals surface area contributed by atoms with Gasteiger partial charge in [0.2, 0.25) is 0 Å². The lowest BCUT2D eigenvalue weighted by molar-refractivity contribution is 0.0658. The summed E-state index contributed by atoms with van der Waals surface area (Å²) in [5, 5.41) is 3.75. The van der Waals surface area contributed by atoms with Crippen LogP contribution in [0, 0.1) is 17.3 Å². The van der Waals surface area contributed by atoms with Crippen LogP contribution in [0.4, 0.5) is 0 Å². The average molecular weight is 254 g/mol. The van der Waals surface area contributed by atoms with E-state index in [1.807, 2.05) is 0 Å². The summed E-state index contributed by atoms with van der Waals surface area (Å²) in [6.07, 6.45) is 1.26. The first-order valence-corrected chi connectivity index (χ1v) is 7.73. The van der Waals surface area contributed by atoms with Gasteiger partial charge in [-0.25, -0.2) is 0 Å². The maximum atomic E-state index is 3.75. The third-order valence-electron chi connectivity index (χ3n) is 4.71. The lowest BCUT2D eigenvalue weighted by Gasteiger charge is -2.46. The van der Waals surface area contributed by atoms with Gasteiger partial charge in [0.1, 0.15) is 0 Å². The van der Waals surface area contributed by atoms with Gasteiger partial charge in [-0.1, -0.05) is 48.5 Å². The third-order valence-corrected chi connectivity index (χ3v) is 4.71. The minimum Gasteiger partial charge on any atom is -0.311 e. The van der Waals surface area contributed by atoms with E-state index in [2.05, 4.69) is 58.7 Å². The second-order valence-corrected chi connectivity index (χ2v) is 7.56. The highest BCUT2D eigenvalue weighted by Gasteiger charge is 2.33. The zero-order valence-corrected chi connectivity index (χ0v) is 13.6. The molecule has 3 unspecified atom stereocenters. The lowest BCUT2D eigenvalue weighted by atomic mass is 9.84. The Morgan fingerprint density at radius 1 is 1.22 bits per heavy atom. The van der Waals surface area contributed by atoms with Gasteiger partial charge in [-0.05, 0) is 23.7 Å². The topological polar surface area (TPSA) is 15.3 Å². The van der Waals surface area contributed by atoms with Gasteiger partial charge in [0.05, 0.1) is 0 Å². The SMILES string of the molecule is CCC1CNC(C(C)(C)C)CN1CC(C)C(C)C. The van der Waals surface area contributed by atoms with E-state index < -0.39 is 0 Å². The van der Waals surface area contributed by atoms with E-state index in [1.165, 1.54) is 19.5 Å². The van der Waals surface area contributed by atoms with E-state index in [9.17, 15) is 0 Å². The van der Waals surface area contributed by atoms with Crippen LogP contribution in [-0.2, 0) is 0 Å². The Morgan fingerprint density at radius 3 is 2.28 bits per heavy atom. The van der Waals surface area contributed by atoms with Crippen molar-refractivity contribution in [1.82, 2.24) is 10.2 Å². The maximum Gasteiger partial charge on any atom is 0.0244 e. The fraction of sp³-hybridized carbons (Fsp3) is 1.00. The largest absolute Gasteiger partial charge is 0.311 e. The van der Waals surface area contributed by atoms with Crippen molar-refractivity contribution < 1.29 is 0 Å². The molecule has 0 amide bonds. The predicted octanol–water partition coefficient (Wildman–Crippen LogP) is 3.38. The Bertz CT molecular complexity index is 242. The van der Waals surface area contributed by atoms with Gasteiger partial charge < -0.3 is 5.32 Å². The highest BCUT2D eigenvalue weighted by Crippen LogP contribution is 2.25. The van der Waals surface area contributed by atoms with Crippen molar-refractivity contribution in [3.63, 3.8) is 0 Å². The molecular weight excluding hydrogens is 220 g/mol. The molecule has 108 valence electrons. The molecule has 0 radical (unpaired) electrons. The standard InChI is InChI=1S/C16H34N2/c1-8-14-9-17-15(16(5,6)7)11-18(14)10-13(4)12(2)3/h12-15,17H,8-11H2,1-7H3. The number of nitrogens with zero attached hydrogens (tertiary/aromatic N) is 1. The van der Waals surface area contributed by atoms with E-state index >= 15 is 0 Å². The Morgan fingerprint density at radius 2 is 1.83 bits per heavy atom. The van der Waals surface area contributed by atoms with Gasteiger partial charge in [0.15, 0.2) is 0 Å². The van der Waals surface area contributed by atoms with Crippen LogP contribution in [0.25, 0.3) is 0 Å². The van der Waals surface area contributed by atoms with Crippen molar-refractivity contribution in [2.24, 2.45) is 17.3 Å². The van der Waals surface area contributed by atoms with E-state index in [-0.39, 0.29) is 0 Å². The molecular formula is C16H34N2. The number of hydrogen-bond donors (Lipinski definition) is 1. The fourth-order valence-corrected chi connectivity index (χ4v) is 2.64. The molecule has 0 spiro atoms. The van der Waals surface area contributed by atoms with Crippen molar-refractivity contribution in [1.29, 1.82) is 0 Å². The number of piperazine rings is 1. The molecule has 1 heterocycles. The first kappa shape index (κ1) is 16.0. The van der Waals surface area contributed by atoms with Crippen molar-refractivity contribution in [3.8, 4) is 0 Å². The average Bonchev–Trinajstić information content (AvgIpc) is 2.27. The molecule has 18 heavy (non-hydrogen) atoms. The molecule has 0 aromatic heterocycles. The van der Waals surface area contributed by atoms with Gasteiger partial charge >= 0.3 is 0 Å². The Balaban J connectivity index is 2.65. The van der Waals surface area contributed by atoms with Crippen molar-refractivity contribution in [2.45, 2.75) is 67.0 Å². The highest BCUT2D eigenvalue weighted by molar-refractivity contribution is 4.92. The minimum absolute atomic E-state index is 0.359. The second kappa shape index (κ2) is 6.38. The summed E-state index contributed by atoms with van der Waals surface area (Å²) < 4.78 is 0. The molecule has 2 heteroatoms. The molecule has 1 fully saturated rings. The zero-order chi connectivity index (χ0) is 13.9. The van der Waals surface area contributed by atoms with Gasteiger partial charge in [-0.2, -0.15) is 0 Å². The first-order chi connectivity index (χ1) is 8.25. The number of rotatable bonds is 4. The van der Waals surface area contributed by atoms with Crippen LogP contribution in [-0.4, -0.2) is 36.6 Å². The second-order valence-electron chi connectivity index (χ2n) is 7.56. The fourth-order valence-electron chi connectivity index (χ4n) is 2.64. The summed E-state index contributed by atoms with van der Waals surface area (Å²) in [6, 6.07) is 1.35. The smallest absolute Gasteiger partial charge is 0.0244 e. The maximum absolute atomic E-state index is 3.75. The summed E-state index contributed by atoms with van der Waals surface area (Å²) in [5.41, 5.74) is 0.359. The number of hydrogen-bond acceptors (Lipinski definition) is 2. The van der Waals surface area contributed by atoms with Crippen LogP contribution in [0.1, 0.15) is 54.9 Å². The van der Waals surface area contributed by atoms with E-state index in [0.29, 0.717) is 11.5 Å². The quantitative estimate of drug-likeness (QED) is 0.827. The molecule has 1 aliphatic heterocycles. The lowest BCUT2D eigenvalue weighted by Crippen LogP contribution is -2.60. The van der Waals surface area contributed by atoms with Crippen molar-refractivity contribution in [2.75, 3.05) is 19.6 Å². The van der Waals surface area contributed by atoms with Gasteiger partial charge in [0.25, 0.3) is 0 Å². The molecule has 2 nitrogen and oxygen atoms in total. The molecule has 0 aromatic rings. The summed E-state index contributed by atoms with van der Waals surface area (Å²) in [5.74, 6) is 1.57. The molecule has 0 bridgehead atoms. The van der Waals surface area contributed by atoms with Crippen LogP contribution in [0.15, 0.2) is 0 Å². The van der Waals surface area contributed by atoms with E-state index in [1.54, 1.807) is 0 Å². The number of nitrogens with one attached hydrogen (secondary N) is 1. The monoisotopic (exact) mass is 254 g/mol. The Hall–Kier alpha value is -0.0800. The molecule has 0 aromatic carbocycles. The van der Waals surface area contributed by atoms with Crippen molar-refractivity contribution in [3.05, 3.63) is 0 Å². The summed E-state index contributed by atoms with van der Waals surface area (Å²) >= 11 is 0. The van der Waals surface area contributed by atoms with Crippen LogP contribution >= 0.6 is 0 Å². The van der Waals surface area contributed by atoms with Crippen LogP contribution < -0.4 is 5.32 Å². The van der Waals surface area contributed by atoms with Gasteiger partial charge in [0, 0.05) is 31.7 Å².